The molecular formula is C9H7F3N2O. The molecule has 2 rings (SSSR count). The lowest BCUT2D eigenvalue weighted by atomic mass is 10.2. The molecule has 1 aliphatic heterocycles. The summed E-state index contributed by atoms with van der Waals surface area (Å²) in [7, 11) is 0. The minimum atomic E-state index is -4.36. The van der Waals surface area contributed by atoms with E-state index in [1.54, 1.807) is 0 Å². The summed E-state index contributed by atoms with van der Waals surface area (Å²) in [4.78, 5) is 7.67. The van der Waals surface area contributed by atoms with Crippen molar-refractivity contribution in [2.24, 2.45) is 4.99 Å². The van der Waals surface area contributed by atoms with Crippen LogP contribution in [0.25, 0.3) is 0 Å². The molecule has 1 aromatic rings. The van der Waals surface area contributed by atoms with Gasteiger partial charge in [-0.3, -0.25) is 4.98 Å². The van der Waals surface area contributed by atoms with Crippen LogP contribution in [-0.4, -0.2) is 24.0 Å². The van der Waals surface area contributed by atoms with Gasteiger partial charge in [-0.25, -0.2) is 4.99 Å². The Labute approximate surface area is 83.6 Å². The van der Waals surface area contributed by atoms with E-state index in [1.807, 2.05) is 0 Å². The molecule has 6 heteroatoms. The van der Waals surface area contributed by atoms with Crippen LogP contribution >= 0.6 is 0 Å². The molecule has 0 saturated heterocycles. The van der Waals surface area contributed by atoms with Gasteiger partial charge in [0.15, 0.2) is 0 Å². The molecule has 0 aliphatic carbocycles. The largest absolute Gasteiger partial charge is 0.474 e. The fourth-order valence-corrected chi connectivity index (χ4v) is 1.21. The van der Waals surface area contributed by atoms with Crippen molar-refractivity contribution in [3.8, 4) is 0 Å². The van der Waals surface area contributed by atoms with Crippen molar-refractivity contribution >= 4 is 5.90 Å². The van der Waals surface area contributed by atoms with E-state index >= 15 is 0 Å². The van der Waals surface area contributed by atoms with Crippen LogP contribution in [0.3, 0.4) is 0 Å². The Morgan fingerprint density at radius 3 is 2.73 bits per heavy atom. The number of rotatable bonds is 1. The smallest absolute Gasteiger partial charge is 0.416 e. The van der Waals surface area contributed by atoms with Gasteiger partial charge in [0.05, 0.1) is 12.1 Å². The summed E-state index contributed by atoms with van der Waals surface area (Å²) in [6, 6.07) is 1.85. The number of alkyl halides is 3. The lowest BCUT2D eigenvalue weighted by molar-refractivity contribution is -0.137. The zero-order chi connectivity index (χ0) is 10.9. The van der Waals surface area contributed by atoms with E-state index in [2.05, 4.69) is 9.98 Å². The molecule has 0 atom stereocenters. The van der Waals surface area contributed by atoms with Crippen LogP contribution in [0.15, 0.2) is 23.3 Å². The molecule has 1 aliphatic rings. The first kappa shape index (κ1) is 9.95. The van der Waals surface area contributed by atoms with Gasteiger partial charge in [-0.05, 0) is 12.1 Å². The summed E-state index contributed by atoms with van der Waals surface area (Å²) in [5.41, 5.74) is -0.618. The summed E-state index contributed by atoms with van der Waals surface area (Å²) < 4.78 is 42.1. The Bertz CT molecular complexity index is 401. The molecule has 0 bridgehead atoms. The minimum Gasteiger partial charge on any atom is -0.474 e. The van der Waals surface area contributed by atoms with Crippen molar-refractivity contribution in [2.45, 2.75) is 6.18 Å². The average molecular weight is 216 g/mol. The van der Waals surface area contributed by atoms with Gasteiger partial charge in [-0.1, -0.05) is 0 Å². The van der Waals surface area contributed by atoms with Crippen LogP contribution in [0.1, 0.15) is 11.3 Å². The quantitative estimate of drug-likeness (QED) is 0.718. The number of ether oxygens (including phenoxy) is 1. The van der Waals surface area contributed by atoms with Crippen molar-refractivity contribution in [1.82, 2.24) is 4.98 Å². The van der Waals surface area contributed by atoms with Crippen LogP contribution in [0.5, 0.6) is 0 Å². The van der Waals surface area contributed by atoms with E-state index < -0.39 is 11.7 Å². The maximum absolute atomic E-state index is 12.3. The van der Waals surface area contributed by atoms with Gasteiger partial charge in [-0.15, -0.1) is 0 Å². The highest BCUT2D eigenvalue weighted by Crippen LogP contribution is 2.29. The third kappa shape index (κ3) is 2.08. The molecule has 15 heavy (non-hydrogen) atoms. The number of aromatic nitrogens is 1. The molecule has 0 radical (unpaired) electrons. The highest BCUT2D eigenvalue weighted by molar-refractivity contribution is 5.93. The van der Waals surface area contributed by atoms with Gasteiger partial charge in [0.1, 0.15) is 12.3 Å². The van der Waals surface area contributed by atoms with E-state index in [-0.39, 0.29) is 11.6 Å². The fraction of sp³-hybridized carbons (Fsp3) is 0.333. The number of hydrogen-bond acceptors (Lipinski definition) is 3. The summed E-state index contributed by atoms with van der Waals surface area (Å²) in [5.74, 6) is 0.182. The van der Waals surface area contributed by atoms with E-state index in [9.17, 15) is 13.2 Å². The highest BCUT2D eigenvalue weighted by Gasteiger charge is 2.31. The number of hydrogen-bond donors (Lipinski definition) is 0. The second-order valence-electron chi connectivity index (χ2n) is 2.96. The number of nitrogens with zero attached hydrogens (tertiary/aromatic N) is 2. The maximum atomic E-state index is 12.3. The van der Waals surface area contributed by atoms with Gasteiger partial charge in [0, 0.05) is 6.20 Å². The van der Waals surface area contributed by atoms with Crippen LogP contribution in [0.4, 0.5) is 13.2 Å². The Balaban J connectivity index is 2.34. The van der Waals surface area contributed by atoms with Crippen LogP contribution in [0, 0.1) is 0 Å². The first-order valence-corrected chi connectivity index (χ1v) is 4.28. The third-order valence-corrected chi connectivity index (χ3v) is 1.89. The fourth-order valence-electron chi connectivity index (χ4n) is 1.21. The lowest BCUT2D eigenvalue weighted by Crippen LogP contribution is -2.09. The molecule has 0 unspecified atom stereocenters. The van der Waals surface area contributed by atoms with Gasteiger partial charge in [0.25, 0.3) is 0 Å². The zero-order valence-electron chi connectivity index (χ0n) is 7.58. The molecule has 3 nitrogen and oxygen atoms in total. The molecule has 0 aromatic carbocycles. The van der Waals surface area contributed by atoms with Crippen molar-refractivity contribution in [3.05, 3.63) is 29.6 Å². The van der Waals surface area contributed by atoms with Gasteiger partial charge >= 0.3 is 6.18 Å². The van der Waals surface area contributed by atoms with Gasteiger partial charge < -0.3 is 4.74 Å². The predicted octanol–water partition coefficient (Wildman–Crippen LogP) is 1.88. The molecule has 0 fully saturated rings. The zero-order valence-corrected chi connectivity index (χ0v) is 7.58. The summed E-state index contributed by atoms with van der Waals surface area (Å²) in [6.07, 6.45) is -3.26. The molecule has 2 heterocycles. The normalized spacial score (nSPS) is 16.1. The average Bonchev–Trinajstić information content (AvgIpc) is 2.69. The third-order valence-electron chi connectivity index (χ3n) is 1.89. The van der Waals surface area contributed by atoms with E-state index in [0.717, 1.165) is 18.3 Å². The van der Waals surface area contributed by atoms with E-state index in [4.69, 9.17) is 4.74 Å². The van der Waals surface area contributed by atoms with Crippen LogP contribution in [0.2, 0.25) is 0 Å². The van der Waals surface area contributed by atoms with Crippen LogP contribution < -0.4 is 0 Å². The first-order valence-electron chi connectivity index (χ1n) is 4.28. The van der Waals surface area contributed by atoms with Gasteiger partial charge in [-0.2, -0.15) is 13.2 Å². The SMILES string of the molecule is FC(F)(F)c1ccnc(C2=NCCO2)c1. The maximum Gasteiger partial charge on any atom is 0.416 e. The van der Waals surface area contributed by atoms with Crippen molar-refractivity contribution in [3.63, 3.8) is 0 Å². The second kappa shape index (κ2) is 3.52. The minimum absolute atomic E-state index is 0.127. The predicted molar refractivity (Wildman–Crippen MR) is 46.6 cm³/mol. The molecule has 80 valence electrons. The summed E-state index contributed by atoms with van der Waals surface area (Å²) >= 11 is 0. The number of pyridine rings is 1. The summed E-state index contributed by atoms with van der Waals surface area (Å²) in [5, 5.41) is 0. The highest BCUT2D eigenvalue weighted by atomic mass is 19.4. The topological polar surface area (TPSA) is 34.5 Å². The Morgan fingerprint density at radius 2 is 2.13 bits per heavy atom. The van der Waals surface area contributed by atoms with Gasteiger partial charge in [0.2, 0.25) is 5.90 Å². The van der Waals surface area contributed by atoms with Crippen molar-refractivity contribution < 1.29 is 17.9 Å². The molecular weight excluding hydrogens is 209 g/mol. The standard InChI is InChI=1S/C9H7F3N2O/c10-9(11,12)6-1-2-13-7(5-6)8-14-3-4-15-8/h1-2,5H,3-4H2. The van der Waals surface area contributed by atoms with Crippen molar-refractivity contribution in [1.29, 1.82) is 0 Å². The Morgan fingerprint density at radius 1 is 1.33 bits per heavy atom. The second-order valence-corrected chi connectivity index (χ2v) is 2.96. The molecule has 0 saturated carbocycles. The van der Waals surface area contributed by atoms with Crippen LogP contribution in [-0.2, 0) is 10.9 Å². The van der Waals surface area contributed by atoms with E-state index in [0.29, 0.717) is 13.2 Å². The Hall–Kier alpha value is -1.59. The number of aliphatic imine (C=N–C) groups is 1. The van der Waals surface area contributed by atoms with Crippen molar-refractivity contribution in [2.75, 3.05) is 13.2 Å². The molecule has 0 spiro atoms. The van der Waals surface area contributed by atoms with E-state index in [1.165, 1.54) is 0 Å². The lowest BCUT2D eigenvalue weighted by Gasteiger charge is -2.07. The molecule has 0 amide bonds. The monoisotopic (exact) mass is 216 g/mol. The molecule has 1 aromatic heterocycles. The Kier molecular flexibility index (Phi) is 2.34. The summed E-state index contributed by atoms with van der Waals surface area (Å²) in [6.45, 7) is 0.862. The number of halogens is 3. The molecule has 0 N–H and O–H groups in total. The first-order chi connectivity index (χ1) is 7.07.